The van der Waals surface area contributed by atoms with Crippen molar-refractivity contribution in [1.29, 1.82) is 0 Å². The molecule has 0 bridgehead atoms. The first-order valence-corrected chi connectivity index (χ1v) is 5.90. The zero-order chi connectivity index (χ0) is 12.3. The van der Waals surface area contributed by atoms with E-state index in [0.29, 0.717) is 6.54 Å². The fourth-order valence-electron chi connectivity index (χ4n) is 2.08. The molecule has 0 fully saturated rings. The minimum Gasteiger partial charge on any atom is -0.385 e. The number of methoxy groups -OCH3 is 1. The van der Waals surface area contributed by atoms with Gasteiger partial charge in [0.05, 0.1) is 11.0 Å². The maximum Gasteiger partial charge on any atom is 0.109 e. The number of nitrogens with two attached hydrogens (primary N) is 1. The summed E-state index contributed by atoms with van der Waals surface area (Å²) < 4.78 is 7.21. The van der Waals surface area contributed by atoms with Gasteiger partial charge in [-0.1, -0.05) is 12.1 Å². The van der Waals surface area contributed by atoms with Gasteiger partial charge in [0, 0.05) is 33.7 Å². The van der Waals surface area contributed by atoms with Gasteiger partial charge in [-0.3, -0.25) is 0 Å². The van der Waals surface area contributed by atoms with Crippen molar-refractivity contribution < 1.29 is 4.74 Å². The average Bonchev–Trinajstić information content (AvgIpc) is 2.67. The molecule has 0 spiro atoms. The van der Waals surface area contributed by atoms with Crippen molar-refractivity contribution in [3.05, 3.63) is 29.6 Å². The second-order valence-electron chi connectivity index (χ2n) is 4.17. The van der Waals surface area contributed by atoms with E-state index in [2.05, 4.69) is 22.7 Å². The molecule has 0 saturated carbocycles. The summed E-state index contributed by atoms with van der Waals surface area (Å²) in [6, 6.07) is 6.15. The van der Waals surface area contributed by atoms with Gasteiger partial charge in [-0.2, -0.15) is 0 Å². The molecule has 0 aliphatic carbocycles. The van der Waals surface area contributed by atoms with Crippen LogP contribution in [0.2, 0.25) is 0 Å². The molecule has 0 unspecified atom stereocenters. The van der Waals surface area contributed by atoms with Crippen LogP contribution in [-0.2, 0) is 24.8 Å². The molecule has 2 N–H and O–H groups in total. The number of nitrogens with zero attached hydrogens (tertiary/aromatic N) is 2. The summed E-state index contributed by atoms with van der Waals surface area (Å²) in [5, 5.41) is 0. The Morgan fingerprint density at radius 3 is 2.94 bits per heavy atom. The number of hydrogen-bond donors (Lipinski definition) is 1. The molecule has 4 nitrogen and oxygen atoms in total. The van der Waals surface area contributed by atoms with Crippen LogP contribution < -0.4 is 5.73 Å². The molecule has 1 aromatic heterocycles. The molecule has 0 aliphatic rings. The first-order chi connectivity index (χ1) is 8.27. The lowest BCUT2D eigenvalue weighted by Gasteiger charge is -2.01. The van der Waals surface area contributed by atoms with Gasteiger partial charge in [-0.05, 0) is 18.1 Å². The molecule has 0 amide bonds. The molecular formula is C13H19N3O. The Balaban J connectivity index is 2.35. The van der Waals surface area contributed by atoms with Gasteiger partial charge in [0.2, 0.25) is 0 Å². The van der Waals surface area contributed by atoms with Crippen molar-refractivity contribution in [1.82, 2.24) is 9.55 Å². The Kier molecular flexibility index (Phi) is 3.76. The number of rotatable bonds is 5. The van der Waals surface area contributed by atoms with Crippen LogP contribution in [0.25, 0.3) is 11.0 Å². The van der Waals surface area contributed by atoms with Crippen LogP contribution in [0.1, 0.15) is 17.8 Å². The molecule has 92 valence electrons. The van der Waals surface area contributed by atoms with Crippen molar-refractivity contribution in [2.24, 2.45) is 12.8 Å². The summed E-state index contributed by atoms with van der Waals surface area (Å²) in [6.07, 6.45) is 1.93. The molecule has 0 radical (unpaired) electrons. The molecule has 2 rings (SSSR count). The number of fused-ring (bicyclic) bond motifs is 1. The minimum absolute atomic E-state index is 0.534. The van der Waals surface area contributed by atoms with Crippen LogP contribution in [0.5, 0.6) is 0 Å². The predicted octanol–water partition coefficient (Wildman–Crippen LogP) is 1.61. The number of para-hydroxylation sites is 1. The van der Waals surface area contributed by atoms with Gasteiger partial charge in [0.15, 0.2) is 0 Å². The van der Waals surface area contributed by atoms with E-state index in [9.17, 15) is 0 Å². The smallest absolute Gasteiger partial charge is 0.109 e. The Hall–Kier alpha value is -1.39. The second kappa shape index (κ2) is 5.29. The highest BCUT2D eigenvalue weighted by Gasteiger charge is 2.09. The van der Waals surface area contributed by atoms with E-state index in [-0.39, 0.29) is 0 Å². The second-order valence-corrected chi connectivity index (χ2v) is 4.17. The zero-order valence-electron chi connectivity index (χ0n) is 10.4. The summed E-state index contributed by atoms with van der Waals surface area (Å²) in [7, 11) is 3.78. The Labute approximate surface area is 101 Å². The number of aryl methyl sites for hydroxylation is 2. The summed E-state index contributed by atoms with van der Waals surface area (Å²) in [5.74, 6) is 1.10. The SMILES string of the molecule is COCCCc1nc2c(CN)cccc2n1C. The lowest BCUT2D eigenvalue weighted by Crippen LogP contribution is -2.00. The Bertz CT molecular complexity index is 505. The summed E-state index contributed by atoms with van der Waals surface area (Å²) >= 11 is 0. The molecule has 0 atom stereocenters. The van der Waals surface area contributed by atoms with E-state index in [1.165, 1.54) is 0 Å². The van der Waals surface area contributed by atoms with Gasteiger partial charge < -0.3 is 15.0 Å². The largest absolute Gasteiger partial charge is 0.385 e. The standard InChI is InChI=1S/C13H19N3O/c1-16-11-6-3-5-10(9-14)13(11)15-12(16)7-4-8-17-2/h3,5-6H,4,7-9,14H2,1-2H3. The van der Waals surface area contributed by atoms with Crippen molar-refractivity contribution >= 4 is 11.0 Å². The molecule has 1 aromatic carbocycles. The Morgan fingerprint density at radius 1 is 1.41 bits per heavy atom. The van der Waals surface area contributed by atoms with Gasteiger partial charge in [-0.25, -0.2) is 4.98 Å². The van der Waals surface area contributed by atoms with Crippen molar-refractivity contribution in [2.45, 2.75) is 19.4 Å². The van der Waals surface area contributed by atoms with E-state index in [1.807, 2.05) is 12.1 Å². The number of benzene rings is 1. The molecule has 0 aliphatic heterocycles. The highest BCUT2D eigenvalue weighted by atomic mass is 16.5. The average molecular weight is 233 g/mol. The van der Waals surface area contributed by atoms with Crippen molar-refractivity contribution in [2.75, 3.05) is 13.7 Å². The molecular weight excluding hydrogens is 214 g/mol. The minimum atomic E-state index is 0.534. The number of ether oxygens (including phenoxy) is 1. The first kappa shape index (κ1) is 12.1. The Morgan fingerprint density at radius 2 is 2.24 bits per heavy atom. The molecule has 4 heteroatoms. The van der Waals surface area contributed by atoms with Crippen LogP contribution in [0.4, 0.5) is 0 Å². The fraction of sp³-hybridized carbons (Fsp3) is 0.462. The van der Waals surface area contributed by atoms with E-state index in [0.717, 1.165) is 41.9 Å². The number of hydrogen-bond acceptors (Lipinski definition) is 3. The predicted molar refractivity (Wildman–Crippen MR) is 68.8 cm³/mol. The normalized spacial score (nSPS) is 11.2. The summed E-state index contributed by atoms with van der Waals surface area (Å²) in [6.45, 7) is 1.30. The van der Waals surface area contributed by atoms with E-state index >= 15 is 0 Å². The zero-order valence-corrected chi connectivity index (χ0v) is 10.4. The lowest BCUT2D eigenvalue weighted by atomic mass is 10.2. The molecule has 2 aromatic rings. The lowest BCUT2D eigenvalue weighted by molar-refractivity contribution is 0.194. The van der Waals surface area contributed by atoms with Gasteiger partial charge in [-0.15, -0.1) is 0 Å². The van der Waals surface area contributed by atoms with Crippen LogP contribution in [-0.4, -0.2) is 23.3 Å². The quantitative estimate of drug-likeness (QED) is 0.798. The number of aromatic nitrogens is 2. The maximum atomic E-state index is 5.73. The highest BCUT2D eigenvalue weighted by Crippen LogP contribution is 2.19. The van der Waals surface area contributed by atoms with Crippen LogP contribution >= 0.6 is 0 Å². The van der Waals surface area contributed by atoms with E-state index < -0.39 is 0 Å². The van der Waals surface area contributed by atoms with E-state index in [1.54, 1.807) is 7.11 Å². The van der Waals surface area contributed by atoms with Gasteiger partial charge >= 0.3 is 0 Å². The monoisotopic (exact) mass is 233 g/mol. The van der Waals surface area contributed by atoms with Crippen LogP contribution in [0.3, 0.4) is 0 Å². The van der Waals surface area contributed by atoms with Crippen LogP contribution in [0.15, 0.2) is 18.2 Å². The highest BCUT2D eigenvalue weighted by molar-refractivity contribution is 5.79. The van der Waals surface area contributed by atoms with Crippen molar-refractivity contribution in [3.8, 4) is 0 Å². The van der Waals surface area contributed by atoms with Crippen LogP contribution in [0, 0.1) is 0 Å². The fourth-order valence-corrected chi connectivity index (χ4v) is 2.08. The molecule has 0 saturated heterocycles. The van der Waals surface area contributed by atoms with Gasteiger partial charge in [0.25, 0.3) is 0 Å². The first-order valence-electron chi connectivity index (χ1n) is 5.90. The molecule has 1 heterocycles. The third-order valence-corrected chi connectivity index (χ3v) is 3.06. The van der Waals surface area contributed by atoms with E-state index in [4.69, 9.17) is 10.5 Å². The maximum absolute atomic E-state index is 5.73. The number of imidazole rings is 1. The van der Waals surface area contributed by atoms with Gasteiger partial charge in [0.1, 0.15) is 5.82 Å². The van der Waals surface area contributed by atoms with Crippen molar-refractivity contribution in [3.63, 3.8) is 0 Å². The summed E-state index contributed by atoms with van der Waals surface area (Å²) in [4.78, 5) is 4.68. The third-order valence-electron chi connectivity index (χ3n) is 3.06. The molecule has 17 heavy (non-hydrogen) atoms. The summed E-state index contributed by atoms with van der Waals surface area (Å²) in [5.41, 5.74) is 9.02. The topological polar surface area (TPSA) is 53.1 Å². The third kappa shape index (κ3) is 2.33.